The maximum Gasteiger partial charge on any atom is 0.422 e. The van der Waals surface area contributed by atoms with Gasteiger partial charge in [0.1, 0.15) is 3.58 Å². The van der Waals surface area contributed by atoms with E-state index in [9.17, 15) is 26.3 Å². The summed E-state index contributed by atoms with van der Waals surface area (Å²) >= 11 is 0.634. The molecule has 0 aliphatic rings. The topological polar surface area (TPSA) is 0 Å². The van der Waals surface area contributed by atoms with Gasteiger partial charge >= 0.3 is 12.4 Å². The molecule has 0 unspecified atom stereocenters. The molecule has 0 heterocycles. The van der Waals surface area contributed by atoms with Crippen molar-refractivity contribution in [3.8, 4) is 0 Å². The summed E-state index contributed by atoms with van der Waals surface area (Å²) in [6, 6.07) is 0. The van der Waals surface area contributed by atoms with Gasteiger partial charge in [-0.2, -0.15) is 26.3 Å². The van der Waals surface area contributed by atoms with Crippen LogP contribution in [0, 0.1) is 0 Å². The van der Waals surface area contributed by atoms with Crippen LogP contribution in [0.3, 0.4) is 0 Å². The van der Waals surface area contributed by atoms with E-state index in [0.29, 0.717) is 29.5 Å². The van der Waals surface area contributed by atoms with Crippen LogP contribution >= 0.6 is 22.6 Å². The van der Waals surface area contributed by atoms with E-state index in [4.69, 9.17) is 0 Å². The van der Waals surface area contributed by atoms with Crippen LogP contribution in [0.5, 0.6) is 0 Å². The van der Waals surface area contributed by atoms with E-state index in [1.165, 1.54) is 0 Å². The van der Waals surface area contributed by atoms with Gasteiger partial charge in [0.2, 0.25) is 0 Å². The molecule has 0 aliphatic carbocycles. The number of hydrogen-bond donors (Lipinski definition) is 0. The predicted octanol–water partition coefficient (Wildman–Crippen LogP) is 3.82. The minimum atomic E-state index is -4.92. The van der Waals surface area contributed by atoms with Crippen LogP contribution in [0.1, 0.15) is 6.92 Å². The molecule has 0 N–H and O–H groups in total. The molecule has 0 nitrogen and oxygen atoms in total. The second-order valence-electron chi connectivity index (χ2n) is 1.93. The number of hydrogen-bond acceptors (Lipinski definition) is 0. The van der Waals surface area contributed by atoms with Crippen molar-refractivity contribution in [3.63, 3.8) is 0 Å². The number of alkyl halides is 6. The number of halogens is 7. The molecule has 0 atom stereocenters. The standard InChI is InChI=1S/C5H3F6I/c1-2(4(6,7)8)3(12)5(9,10)11/h1H3/b3-2-. The highest BCUT2D eigenvalue weighted by Crippen LogP contribution is 2.39. The first kappa shape index (κ1) is 12.0. The fourth-order valence-electron chi connectivity index (χ4n) is 0.337. The molecule has 0 saturated carbocycles. The summed E-state index contributed by atoms with van der Waals surface area (Å²) in [5.41, 5.74) is -1.62. The average Bonchev–Trinajstić information content (AvgIpc) is 1.80. The van der Waals surface area contributed by atoms with Crippen LogP contribution in [0.2, 0.25) is 0 Å². The van der Waals surface area contributed by atoms with Gasteiger partial charge in [-0.25, -0.2) is 0 Å². The molecule has 72 valence electrons. The Hall–Kier alpha value is 0.0500. The molecule has 0 rings (SSSR count). The van der Waals surface area contributed by atoms with Crippen molar-refractivity contribution in [2.45, 2.75) is 19.3 Å². The Morgan fingerprint density at radius 3 is 1.33 bits per heavy atom. The lowest BCUT2D eigenvalue weighted by Gasteiger charge is -2.12. The van der Waals surface area contributed by atoms with E-state index in [-0.39, 0.29) is 0 Å². The summed E-state index contributed by atoms with van der Waals surface area (Å²) in [5, 5.41) is 0. The van der Waals surface area contributed by atoms with Crippen LogP contribution in [-0.4, -0.2) is 12.4 Å². The largest absolute Gasteiger partial charge is 0.422 e. The summed E-state index contributed by atoms with van der Waals surface area (Å²) in [7, 11) is 0. The SMILES string of the molecule is C/C(=C(/I)C(F)(F)F)C(F)(F)F. The van der Waals surface area contributed by atoms with Crippen LogP contribution < -0.4 is 0 Å². The van der Waals surface area contributed by atoms with E-state index in [1.54, 1.807) is 0 Å². The minimum Gasteiger partial charge on any atom is -0.166 e. The molecule has 0 bridgehead atoms. The van der Waals surface area contributed by atoms with Crippen LogP contribution in [0.4, 0.5) is 26.3 Å². The van der Waals surface area contributed by atoms with E-state index in [1.807, 2.05) is 0 Å². The van der Waals surface area contributed by atoms with Gasteiger partial charge in [0.05, 0.1) is 0 Å². The number of allylic oxidation sites excluding steroid dienone is 2. The molecule has 0 aromatic carbocycles. The van der Waals surface area contributed by atoms with Gasteiger partial charge in [0, 0.05) is 5.57 Å². The first-order valence-corrected chi connectivity index (χ1v) is 3.65. The summed E-state index contributed by atoms with van der Waals surface area (Å²) in [4.78, 5) is 0. The van der Waals surface area contributed by atoms with Gasteiger partial charge in [0.15, 0.2) is 0 Å². The normalized spacial score (nSPS) is 16.0. The highest BCUT2D eigenvalue weighted by molar-refractivity contribution is 14.1. The smallest absolute Gasteiger partial charge is 0.166 e. The van der Waals surface area contributed by atoms with Gasteiger partial charge in [-0.05, 0) is 29.5 Å². The van der Waals surface area contributed by atoms with Crippen molar-refractivity contribution < 1.29 is 26.3 Å². The maximum absolute atomic E-state index is 11.7. The van der Waals surface area contributed by atoms with Gasteiger partial charge in [-0.3, -0.25) is 0 Å². The van der Waals surface area contributed by atoms with Crippen molar-refractivity contribution in [1.29, 1.82) is 0 Å². The zero-order valence-electron chi connectivity index (χ0n) is 5.65. The minimum absolute atomic E-state index is 0.398. The molecular weight excluding hydrogens is 301 g/mol. The second kappa shape index (κ2) is 3.43. The van der Waals surface area contributed by atoms with Gasteiger partial charge in [-0.1, -0.05) is 0 Å². The fourth-order valence-corrected chi connectivity index (χ4v) is 0.643. The zero-order valence-corrected chi connectivity index (χ0v) is 7.80. The third kappa shape index (κ3) is 3.20. The zero-order chi connectivity index (χ0) is 10.2. The van der Waals surface area contributed by atoms with E-state index in [0.717, 1.165) is 0 Å². The van der Waals surface area contributed by atoms with Crippen LogP contribution in [0.15, 0.2) is 9.15 Å². The van der Waals surface area contributed by atoms with Crippen molar-refractivity contribution in [3.05, 3.63) is 9.15 Å². The lowest BCUT2D eigenvalue weighted by Crippen LogP contribution is -2.17. The highest BCUT2D eigenvalue weighted by atomic mass is 127. The monoisotopic (exact) mass is 304 g/mol. The third-order valence-electron chi connectivity index (χ3n) is 1.00. The van der Waals surface area contributed by atoms with Crippen LogP contribution in [-0.2, 0) is 0 Å². The average molecular weight is 304 g/mol. The van der Waals surface area contributed by atoms with E-state index < -0.39 is 21.5 Å². The molecule has 0 saturated heterocycles. The lowest BCUT2D eigenvalue weighted by atomic mass is 10.3. The summed E-state index contributed by atoms with van der Waals surface area (Å²) in [5.74, 6) is 0. The molecule has 0 amide bonds. The Labute approximate surface area is 77.8 Å². The molecule has 0 aliphatic heterocycles. The Kier molecular flexibility index (Phi) is 3.44. The summed E-state index contributed by atoms with van der Waals surface area (Å²) < 4.78 is 68.4. The third-order valence-corrected chi connectivity index (χ3v) is 2.42. The van der Waals surface area contributed by atoms with E-state index >= 15 is 0 Å². The predicted molar refractivity (Wildman–Crippen MR) is 38.8 cm³/mol. The van der Waals surface area contributed by atoms with Gasteiger partial charge < -0.3 is 0 Å². The second-order valence-corrected chi connectivity index (χ2v) is 3.01. The Bertz CT molecular complexity index is 175. The van der Waals surface area contributed by atoms with Crippen LogP contribution in [0.25, 0.3) is 0 Å². The van der Waals surface area contributed by atoms with Crippen molar-refractivity contribution in [2.75, 3.05) is 0 Å². The summed E-state index contributed by atoms with van der Waals surface area (Å²) in [6.07, 6.45) is -9.83. The van der Waals surface area contributed by atoms with Gasteiger partial charge in [-0.15, -0.1) is 0 Å². The molecular formula is C5H3F6I. The Morgan fingerprint density at radius 1 is 0.917 bits per heavy atom. The van der Waals surface area contributed by atoms with Gasteiger partial charge in [0.25, 0.3) is 0 Å². The molecule has 7 heteroatoms. The lowest BCUT2D eigenvalue weighted by molar-refractivity contribution is -0.108. The maximum atomic E-state index is 11.7. The molecule has 12 heavy (non-hydrogen) atoms. The highest BCUT2D eigenvalue weighted by Gasteiger charge is 2.41. The number of rotatable bonds is 0. The quantitative estimate of drug-likeness (QED) is 0.471. The fraction of sp³-hybridized carbons (Fsp3) is 0.600. The summed E-state index contributed by atoms with van der Waals surface area (Å²) in [6.45, 7) is 0.398. The van der Waals surface area contributed by atoms with Crippen molar-refractivity contribution >= 4 is 22.6 Å². The first-order chi connectivity index (χ1) is 5.07. The van der Waals surface area contributed by atoms with E-state index in [2.05, 4.69) is 0 Å². The Morgan fingerprint density at radius 2 is 1.25 bits per heavy atom. The molecule has 0 aromatic rings. The molecule has 0 fully saturated rings. The Balaban J connectivity index is 4.96. The molecule has 0 spiro atoms. The molecule has 0 aromatic heterocycles. The first-order valence-electron chi connectivity index (χ1n) is 2.57. The van der Waals surface area contributed by atoms with Crippen molar-refractivity contribution in [1.82, 2.24) is 0 Å². The van der Waals surface area contributed by atoms with Crippen molar-refractivity contribution in [2.24, 2.45) is 0 Å². The molecule has 0 radical (unpaired) electrons.